The molecule has 2 aromatic rings. The van der Waals surface area contributed by atoms with Crippen molar-refractivity contribution in [2.24, 2.45) is 0 Å². The molecule has 1 aromatic heterocycles. The van der Waals surface area contributed by atoms with E-state index in [-0.39, 0.29) is 22.2 Å². The van der Waals surface area contributed by atoms with E-state index >= 15 is 0 Å². The summed E-state index contributed by atoms with van der Waals surface area (Å²) in [4.78, 5) is 19.3. The maximum atomic E-state index is 13.0. The Hall–Kier alpha value is -2.09. The summed E-state index contributed by atoms with van der Waals surface area (Å²) in [6.07, 6.45) is 3.02. The zero-order valence-corrected chi connectivity index (χ0v) is 15.5. The molecule has 0 saturated carbocycles. The molecule has 0 spiro atoms. The number of halogens is 3. The number of benzene rings is 1. The molecule has 0 bridgehead atoms. The van der Waals surface area contributed by atoms with Crippen LogP contribution in [0.5, 0.6) is 0 Å². The predicted octanol–water partition coefficient (Wildman–Crippen LogP) is 4.75. The summed E-state index contributed by atoms with van der Waals surface area (Å²) in [5.74, 6) is -1.39. The summed E-state index contributed by atoms with van der Waals surface area (Å²) in [7, 11) is 0. The van der Waals surface area contributed by atoms with Crippen LogP contribution >= 0.6 is 11.8 Å². The van der Waals surface area contributed by atoms with Crippen molar-refractivity contribution in [1.29, 1.82) is 0 Å². The van der Waals surface area contributed by atoms with Crippen molar-refractivity contribution in [3.63, 3.8) is 0 Å². The summed E-state index contributed by atoms with van der Waals surface area (Å²) in [5.41, 5.74) is 1.58. The van der Waals surface area contributed by atoms with Gasteiger partial charge in [-0.2, -0.15) is 13.2 Å². The molecule has 0 saturated heterocycles. The number of amides is 1. The van der Waals surface area contributed by atoms with E-state index in [0.29, 0.717) is 11.9 Å². The largest absolute Gasteiger partial charge is 0.451 e. The van der Waals surface area contributed by atoms with Gasteiger partial charge in [0.15, 0.2) is 0 Å². The first-order chi connectivity index (χ1) is 12.9. The average Bonchev–Trinajstić information content (AvgIpc) is 2.66. The van der Waals surface area contributed by atoms with Gasteiger partial charge in [-0.15, -0.1) is 0 Å². The van der Waals surface area contributed by atoms with Crippen LogP contribution in [0.15, 0.2) is 40.9 Å². The van der Waals surface area contributed by atoms with Crippen LogP contribution < -0.4 is 5.32 Å². The first kappa shape index (κ1) is 19.7. The van der Waals surface area contributed by atoms with E-state index in [1.165, 1.54) is 24.5 Å². The summed E-state index contributed by atoms with van der Waals surface area (Å²) >= 11 is 0.997. The highest BCUT2D eigenvalue weighted by Gasteiger charge is 2.35. The second-order valence-electron chi connectivity index (χ2n) is 6.36. The molecule has 1 aromatic carbocycles. The van der Waals surface area contributed by atoms with Gasteiger partial charge in [0.25, 0.3) is 0 Å². The lowest BCUT2D eigenvalue weighted by Gasteiger charge is -2.13. The number of thioether (sulfide) groups is 1. The van der Waals surface area contributed by atoms with Crippen LogP contribution in [-0.4, -0.2) is 28.2 Å². The van der Waals surface area contributed by atoms with Crippen molar-refractivity contribution >= 4 is 28.6 Å². The molecular weight excluding hydrogens is 375 g/mol. The number of hydrogen-bond donors (Lipinski definition) is 1. The number of nitrogens with one attached hydrogen (secondary N) is 1. The van der Waals surface area contributed by atoms with E-state index < -0.39 is 12.0 Å². The molecule has 0 unspecified atom stereocenters. The Morgan fingerprint density at radius 1 is 1.19 bits per heavy atom. The first-order valence-corrected chi connectivity index (χ1v) is 9.83. The Balaban J connectivity index is 1.62. The third-order valence-electron chi connectivity index (χ3n) is 4.32. The third-order valence-corrected chi connectivity index (χ3v) is 5.31. The van der Waals surface area contributed by atoms with Crippen molar-refractivity contribution in [3.8, 4) is 0 Å². The monoisotopic (exact) mass is 395 g/mol. The summed E-state index contributed by atoms with van der Waals surface area (Å²) in [6.45, 7) is 0.545. The molecule has 1 heterocycles. The van der Waals surface area contributed by atoms with Crippen LogP contribution in [0.3, 0.4) is 0 Å². The van der Waals surface area contributed by atoms with E-state index in [9.17, 15) is 18.0 Å². The topological polar surface area (TPSA) is 54.9 Å². The fraction of sp³-hybridized carbons (Fsp3) is 0.421. The fourth-order valence-corrected chi connectivity index (χ4v) is 3.81. The van der Waals surface area contributed by atoms with Crippen LogP contribution in [-0.2, 0) is 11.0 Å². The van der Waals surface area contributed by atoms with Gasteiger partial charge in [0.2, 0.25) is 11.7 Å². The number of hydrogen-bond acceptors (Lipinski definition) is 4. The van der Waals surface area contributed by atoms with E-state index in [4.69, 9.17) is 0 Å². The van der Waals surface area contributed by atoms with Gasteiger partial charge in [0.1, 0.15) is 5.03 Å². The van der Waals surface area contributed by atoms with Crippen molar-refractivity contribution < 1.29 is 18.0 Å². The van der Waals surface area contributed by atoms with Crippen LogP contribution in [0, 0.1) is 0 Å². The van der Waals surface area contributed by atoms with Crippen LogP contribution in [0.1, 0.15) is 37.9 Å². The minimum Gasteiger partial charge on any atom is -0.355 e. The van der Waals surface area contributed by atoms with Crippen molar-refractivity contribution in [1.82, 2.24) is 15.3 Å². The first-order valence-electron chi connectivity index (χ1n) is 8.85. The smallest absolute Gasteiger partial charge is 0.355 e. The lowest BCUT2D eigenvalue weighted by Crippen LogP contribution is -2.26. The molecule has 3 rings (SSSR count). The summed E-state index contributed by atoms with van der Waals surface area (Å²) < 4.78 is 39.1. The van der Waals surface area contributed by atoms with E-state index in [2.05, 4.69) is 21.4 Å². The maximum absolute atomic E-state index is 13.0. The molecule has 0 fully saturated rings. The van der Waals surface area contributed by atoms with Crippen molar-refractivity contribution in [2.45, 2.75) is 43.3 Å². The fourth-order valence-electron chi connectivity index (χ4n) is 2.96. The predicted molar refractivity (Wildman–Crippen MR) is 99.4 cm³/mol. The van der Waals surface area contributed by atoms with Gasteiger partial charge in [-0.1, -0.05) is 41.6 Å². The normalized spacial score (nSPS) is 14.9. The van der Waals surface area contributed by atoms with E-state index in [1.807, 2.05) is 0 Å². The molecule has 0 atom stereocenters. The average molecular weight is 395 g/mol. The molecule has 1 aliphatic rings. The van der Waals surface area contributed by atoms with Crippen molar-refractivity contribution in [3.05, 3.63) is 41.7 Å². The molecule has 1 N–H and O–H groups in total. The van der Waals surface area contributed by atoms with Gasteiger partial charge in [-0.3, -0.25) is 4.79 Å². The second kappa shape index (κ2) is 8.73. The van der Waals surface area contributed by atoms with Crippen molar-refractivity contribution in [2.75, 3.05) is 12.3 Å². The second-order valence-corrected chi connectivity index (χ2v) is 7.33. The highest BCUT2D eigenvalue weighted by molar-refractivity contribution is 8.00. The molecule has 0 aliphatic heterocycles. The number of nitrogens with zero attached hydrogens (tertiary/aromatic N) is 2. The van der Waals surface area contributed by atoms with Gasteiger partial charge < -0.3 is 5.32 Å². The zero-order valence-electron chi connectivity index (χ0n) is 14.7. The Morgan fingerprint density at radius 2 is 2.00 bits per heavy atom. The number of rotatable bonds is 6. The lowest BCUT2D eigenvalue weighted by atomic mass is 9.97. The molecule has 1 aliphatic carbocycles. The van der Waals surface area contributed by atoms with Crippen LogP contribution in [0.4, 0.5) is 13.2 Å². The number of fused-ring (bicyclic) bond motifs is 1. The van der Waals surface area contributed by atoms with Gasteiger partial charge in [0.05, 0.1) is 11.3 Å². The van der Waals surface area contributed by atoms with Crippen LogP contribution in [0.2, 0.25) is 0 Å². The lowest BCUT2D eigenvalue weighted by molar-refractivity contribution is -0.145. The highest BCUT2D eigenvalue weighted by atomic mass is 32.2. The number of allylic oxidation sites excluding steroid dienone is 1. The van der Waals surface area contributed by atoms with Gasteiger partial charge in [-0.25, -0.2) is 9.97 Å². The quantitative estimate of drug-likeness (QED) is 0.436. The highest BCUT2D eigenvalue weighted by Crippen LogP contribution is 2.31. The minimum atomic E-state index is -4.63. The SMILES string of the molecule is O=C(CSc1nc(C(F)(F)F)nc2ccccc12)NCCC1=CCCCC1. The van der Waals surface area contributed by atoms with E-state index in [1.54, 1.807) is 18.2 Å². The Bertz CT molecular complexity index is 852. The summed E-state index contributed by atoms with van der Waals surface area (Å²) in [6, 6.07) is 6.50. The Labute approximate surface area is 159 Å². The molecular formula is C19H20F3N3OS. The standard InChI is InChI=1S/C19H20F3N3OS/c20-19(21,22)18-24-15-9-5-4-8-14(15)17(25-18)27-12-16(26)23-11-10-13-6-2-1-3-7-13/h4-6,8-9H,1-3,7,10-12H2,(H,23,26). The number of carbonyl (C=O) groups excluding carboxylic acids is 1. The molecule has 1 amide bonds. The number of alkyl halides is 3. The number of para-hydroxylation sites is 1. The van der Waals surface area contributed by atoms with Gasteiger partial charge >= 0.3 is 6.18 Å². The summed E-state index contributed by atoms with van der Waals surface area (Å²) in [5, 5.41) is 3.50. The van der Waals surface area contributed by atoms with E-state index in [0.717, 1.165) is 31.0 Å². The van der Waals surface area contributed by atoms with Gasteiger partial charge in [0, 0.05) is 11.9 Å². The Morgan fingerprint density at radius 3 is 2.74 bits per heavy atom. The Kier molecular flexibility index (Phi) is 6.36. The van der Waals surface area contributed by atoms with Gasteiger partial charge in [-0.05, 0) is 38.2 Å². The minimum absolute atomic E-state index is 0.0113. The maximum Gasteiger partial charge on any atom is 0.451 e. The van der Waals surface area contributed by atoms with Crippen LogP contribution in [0.25, 0.3) is 10.9 Å². The number of carbonyl (C=O) groups is 1. The number of aromatic nitrogens is 2. The molecule has 4 nitrogen and oxygen atoms in total. The molecule has 27 heavy (non-hydrogen) atoms. The molecule has 0 radical (unpaired) electrons. The zero-order chi connectivity index (χ0) is 19.3. The molecule has 144 valence electrons. The third kappa shape index (κ3) is 5.45. The molecule has 8 heteroatoms.